The van der Waals surface area contributed by atoms with E-state index >= 15 is 0 Å². The first-order valence-electron chi connectivity index (χ1n) is 8.11. The van der Waals surface area contributed by atoms with E-state index in [4.69, 9.17) is 0 Å². The zero-order valence-corrected chi connectivity index (χ0v) is 14.3. The molecule has 0 saturated carbocycles. The number of aromatic amines is 1. The van der Waals surface area contributed by atoms with Crippen molar-refractivity contribution in [1.29, 1.82) is 0 Å². The second-order valence-corrected chi connectivity index (χ2v) is 6.76. The van der Waals surface area contributed by atoms with Crippen LogP contribution in [0.15, 0.2) is 23.3 Å². The average molecular weight is 331 g/mol. The molecule has 122 valence electrons. The van der Waals surface area contributed by atoms with Crippen LogP contribution in [0.3, 0.4) is 0 Å². The molecule has 0 aliphatic carbocycles. The highest BCUT2D eigenvalue weighted by Gasteiger charge is 2.17. The SMILES string of the molecule is CCCCCc1cc2c(=O)[nH]c(C(CC)n3ccnn3)nc2s1. The quantitative estimate of drug-likeness (QED) is 0.674. The molecule has 0 fully saturated rings. The van der Waals surface area contributed by atoms with E-state index in [-0.39, 0.29) is 11.6 Å². The normalized spacial score (nSPS) is 12.8. The average Bonchev–Trinajstić information content (AvgIpc) is 3.18. The van der Waals surface area contributed by atoms with Crippen molar-refractivity contribution in [2.45, 2.75) is 52.0 Å². The van der Waals surface area contributed by atoms with E-state index in [1.54, 1.807) is 28.4 Å². The Balaban J connectivity index is 1.95. The minimum Gasteiger partial charge on any atom is -0.308 e. The topological polar surface area (TPSA) is 76.5 Å². The lowest BCUT2D eigenvalue weighted by molar-refractivity contribution is 0.471. The number of unbranched alkanes of at least 4 members (excludes halogenated alkanes) is 2. The van der Waals surface area contributed by atoms with Gasteiger partial charge in [-0.3, -0.25) is 4.79 Å². The number of rotatable bonds is 7. The van der Waals surface area contributed by atoms with Crippen LogP contribution < -0.4 is 5.56 Å². The molecule has 3 aromatic heterocycles. The Morgan fingerprint density at radius 2 is 2.22 bits per heavy atom. The molecule has 0 radical (unpaired) electrons. The first-order valence-corrected chi connectivity index (χ1v) is 8.93. The molecule has 7 heteroatoms. The monoisotopic (exact) mass is 331 g/mol. The standard InChI is InChI=1S/C16H21N5OS/c1-3-5-6-7-11-10-12-15(22)18-14(19-16(12)23-11)13(4-2)21-9-8-17-20-21/h8-10,13H,3-7H2,1-2H3,(H,18,19,22). The third-order valence-electron chi connectivity index (χ3n) is 3.96. The second-order valence-electron chi connectivity index (χ2n) is 5.65. The fraction of sp³-hybridized carbons (Fsp3) is 0.500. The third-order valence-corrected chi connectivity index (χ3v) is 5.05. The Bertz CT molecular complexity index is 821. The van der Waals surface area contributed by atoms with Crippen LogP contribution in [0.25, 0.3) is 10.2 Å². The summed E-state index contributed by atoms with van der Waals surface area (Å²) in [6.07, 6.45) is 8.80. The molecular formula is C16H21N5OS. The minimum atomic E-state index is -0.0970. The maximum absolute atomic E-state index is 12.4. The number of aromatic nitrogens is 5. The molecule has 0 aliphatic heterocycles. The number of H-pyrrole nitrogens is 1. The van der Waals surface area contributed by atoms with Crippen LogP contribution in [0.2, 0.25) is 0 Å². The Morgan fingerprint density at radius 3 is 2.91 bits per heavy atom. The maximum Gasteiger partial charge on any atom is 0.259 e. The Labute approximate surface area is 138 Å². The molecule has 0 aliphatic rings. The van der Waals surface area contributed by atoms with Crippen molar-refractivity contribution in [3.63, 3.8) is 0 Å². The van der Waals surface area contributed by atoms with E-state index in [9.17, 15) is 4.79 Å². The molecule has 3 aromatic rings. The van der Waals surface area contributed by atoms with Gasteiger partial charge in [0.2, 0.25) is 0 Å². The predicted molar refractivity (Wildman–Crippen MR) is 91.9 cm³/mol. The number of hydrogen-bond donors (Lipinski definition) is 1. The largest absolute Gasteiger partial charge is 0.308 e. The summed E-state index contributed by atoms with van der Waals surface area (Å²) in [5.41, 5.74) is -0.0680. The van der Waals surface area contributed by atoms with Gasteiger partial charge in [0, 0.05) is 11.1 Å². The highest BCUT2D eigenvalue weighted by molar-refractivity contribution is 7.18. The molecule has 1 unspecified atom stereocenters. The van der Waals surface area contributed by atoms with Crippen LogP contribution in [0.5, 0.6) is 0 Å². The van der Waals surface area contributed by atoms with Gasteiger partial charge in [-0.1, -0.05) is 31.9 Å². The van der Waals surface area contributed by atoms with E-state index in [1.807, 2.05) is 13.0 Å². The van der Waals surface area contributed by atoms with Gasteiger partial charge in [-0.05, 0) is 25.3 Å². The molecule has 23 heavy (non-hydrogen) atoms. The molecule has 3 heterocycles. The molecule has 0 amide bonds. The third kappa shape index (κ3) is 3.34. The molecule has 0 aromatic carbocycles. The van der Waals surface area contributed by atoms with Gasteiger partial charge in [-0.15, -0.1) is 16.4 Å². The lowest BCUT2D eigenvalue weighted by atomic mass is 10.2. The molecule has 0 saturated heterocycles. The zero-order valence-electron chi connectivity index (χ0n) is 13.5. The molecule has 1 atom stereocenters. The van der Waals surface area contributed by atoms with Crippen molar-refractivity contribution < 1.29 is 0 Å². The van der Waals surface area contributed by atoms with Gasteiger partial charge in [0.25, 0.3) is 5.56 Å². The van der Waals surface area contributed by atoms with E-state index in [1.165, 1.54) is 17.7 Å². The molecule has 0 bridgehead atoms. The van der Waals surface area contributed by atoms with Crippen LogP contribution in [0.4, 0.5) is 0 Å². The van der Waals surface area contributed by atoms with Crippen molar-refractivity contribution in [2.75, 3.05) is 0 Å². The van der Waals surface area contributed by atoms with Gasteiger partial charge in [0.1, 0.15) is 16.7 Å². The summed E-state index contributed by atoms with van der Waals surface area (Å²) >= 11 is 1.62. The summed E-state index contributed by atoms with van der Waals surface area (Å²) in [5, 5.41) is 8.57. The van der Waals surface area contributed by atoms with Gasteiger partial charge in [-0.2, -0.15) is 0 Å². The lowest BCUT2D eigenvalue weighted by Gasteiger charge is -2.13. The van der Waals surface area contributed by atoms with E-state index in [0.29, 0.717) is 11.2 Å². The van der Waals surface area contributed by atoms with Gasteiger partial charge in [0.15, 0.2) is 0 Å². The number of hydrogen-bond acceptors (Lipinski definition) is 5. The summed E-state index contributed by atoms with van der Waals surface area (Å²) in [7, 11) is 0. The summed E-state index contributed by atoms with van der Waals surface area (Å²) in [6, 6.07) is 1.89. The number of fused-ring (bicyclic) bond motifs is 1. The van der Waals surface area contributed by atoms with Crippen LogP contribution in [-0.4, -0.2) is 25.0 Å². The number of thiophene rings is 1. The minimum absolute atomic E-state index is 0.0680. The summed E-state index contributed by atoms with van der Waals surface area (Å²) < 4.78 is 1.74. The van der Waals surface area contributed by atoms with Crippen LogP contribution in [0, 0.1) is 0 Å². The number of nitrogens with zero attached hydrogens (tertiary/aromatic N) is 4. The second kappa shape index (κ2) is 7.04. The van der Waals surface area contributed by atoms with Crippen LogP contribution in [0.1, 0.15) is 56.3 Å². The zero-order chi connectivity index (χ0) is 16.2. The van der Waals surface area contributed by atoms with E-state index < -0.39 is 0 Å². The van der Waals surface area contributed by atoms with Crippen molar-refractivity contribution in [3.8, 4) is 0 Å². The first kappa shape index (κ1) is 15.9. The maximum atomic E-state index is 12.4. The van der Waals surface area contributed by atoms with E-state index in [0.717, 1.165) is 24.1 Å². The lowest BCUT2D eigenvalue weighted by Crippen LogP contribution is -2.19. The fourth-order valence-corrected chi connectivity index (χ4v) is 3.79. The van der Waals surface area contributed by atoms with Crippen molar-refractivity contribution >= 4 is 21.6 Å². The number of aryl methyl sites for hydroxylation is 1. The Hall–Kier alpha value is -2.02. The van der Waals surface area contributed by atoms with Gasteiger partial charge in [-0.25, -0.2) is 9.67 Å². The van der Waals surface area contributed by atoms with Gasteiger partial charge in [0.05, 0.1) is 11.6 Å². The van der Waals surface area contributed by atoms with E-state index in [2.05, 4.69) is 27.2 Å². The predicted octanol–water partition coefficient (Wildman–Crippen LogP) is 3.31. The van der Waals surface area contributed by atoms with Crippen molar-refractivity contribution in [1.82, 2.24) is 25.0 Å². The highest BCUT2D eigenvalue weighted by Crippen LogP contribution is 2.25. The van der Waals surface area contributed by atoms with Crippen LogP contribution >= 0.6 is 11.3 Å². The summed E-state index contributed by atoms with van der Waals surface area (Å²) in [6.45, 7) is 4.24. The van der Waals surface area contributed by atoms with Gasteiger partial charge < -0.3 is 4.98 Å². The van der Waals surface area contributed by atoms with Crippen LogP contribution in [-0.2, 0) is 6.42 Å². The smallest absolute Gasteiger partial charge is 0.259 e. The summed E-state index contributed by atoms with van der Waals surface area (Å²) in [5.74, 6) is 0.650. The summed E-state index contributed by atoms with van der Waals surface area (Å²) in [4.78, 5) is 22.1. The molecule has 3 rings (SSSR count). The van der Waals surface area contributed by atoms with Crippen molar-refractivity contribution in [2.24, 2.45) is 0 Å². The Kier molecular flexibility index (Phi) is 4.85. The fourth-order valence-electron chi connectivity index (χ4n) is 2.72. The molecule has 1 N–H and O–H groups in total. The first-order chi connectivity index (χ1) is 11.2. The van der Waals surface area contributed by atoms with Gasteiger partial charge >= 0.3 is 0 Å². The molecular weight excluding hydrogens is 310 g/mol. The number of nitrogens with one attached hydrogen (secondary N) is 1. The highest BCUT2D eigenvalue weighted by atomic mass is 32.1. The Morgan fingerprint density at radius 1 is 1.35 bits per heavy atom. The molecule has 0 spiro atoms. The molecule has 6 nitrogen and oxygen atoms in total. The van der Waals surface area contributed by atoms with Crippen molar-refractivity contribution in [3.05, 3.63) is 39.5 Å².